The van der Waals surface area contributed by atoms with Crippen molar-refractivity contribution in [1.82, 2.24) is 20.0 Å². The lowest BCUT2D eigenvalue weighted by molar-refractivity contribution is -0.116. The van der Waals surface area contributed by atoms with Gasteiger partial charge in [-0.05, 0) is 44.5 Å². The van der Waals surface area contributed by atoms with E-state index in [1.807, 2.05) is 39.0 Å². The lowest BCUT2D eigenvalue weighted by atomic mass is 9.85. The average Bonchev–Trinajstić information content (AvgIpc) is 3.03. The predicted molar refractivity (Wildman–Crippen MR) is 111 cm³/mol. The van der Waals surface area contributed by atoms with Crippen LogP contribution in [0.3, 0.4) is 0 Å². The fraction of sp³-hybridized carbons (Fsp3) is 0.333. The largest absolute Gasteiger partial charge is 0.493 e. The van der Waals surface area contributed by atoms with Gasteiger partial charge in [0.1, 0.15) is 5.82 Å². The first kappa shape index (κ1) is 19.7. The summed E-state index contributed by atoms with van der Waals surface area (Å²) in [5.74, 6) is 1.91. The van der Waals surface area contributed by atoms with Crippen LogP contribution in [-0.4, -0.2) is 39.1 Å². The van der Waals surface area contributed by atoms with E-state index in [-0.39, 0.29) is 29.9 Å². The summed E-state index contributed by atoms with van der Waals surface area (Å²) in [6, 6.07) is 8.63. The van der Waals surface area contributed by atoms with Gasteiger partial charge in [0.2, 0.25) is 5.91 Å². The topological polar surface area (TPSA) is 111 Å². The fourth-order valence-corrected chi connectivity index (χ4v) is 3.71. The highest BCUT2D eigenvalue weighted by atomic mass is 16.5. The molecule has 3 aromatic rings. The van der Waals surface area contributed by atoms with Gasteiger partial charge in [-0.1, -0.05) is 6.07 Å². The molecule has 30 heavy (non-hydrogen) atoms. The minimum Gasteiger partial charge on any atom is -0.493 e. The Bertz CT molecular complexity index is 1140. The number of nitrogens with one attached hydrogen (secondary N) is 2. The molecule has 0 bridgehead atoms. The number of ether oxygens (including phenoxy) is 2. The zero-order chi connectivity index (χ0) is 21.4. The molecule has 0 unspecified atom stereocenters. The summed E-state index contributed by atoms with van der Waals surface area (Å²) >= 11 is 0. The number of aromatic nitrogens is 4. The SMILES string of the molecule is COc1ccc([C@H]2CC(=O)Nc3c2c(C)nn3-c2ccc(=O)[nH]n2)cc1OC(C)C. The minimum absolute atomic E-state index is 0.0184. The third-order valence-corrected chi connectivity index (χ3v) is 4.94. The molecule has 1 aromatic carbocycles. The van der Waals surface area contributed by atoms with Crippen LogP contribution in [0.1, 0.15) is 43.0 Å². The van der Waals surface area contributed by atoms with E-state index in [9.17, 15) is 9.59 Å². The highest BCUT2D eigenvalue weighted by Gasteiger charge is 2.33. The van der Waals surface area contributed by atoms with E-state index in [1.165, 1.54) is 6.07 Å². The summed E-state index contributed by atoms with van der Waals surface area (Å²) < 4.78 is 12.9. The lowest BCUT2D eigenvalue weighted by Gasteiger charge is -2.25. The number of anilines is 1. The fourth-order valence-electron chi connectivity index (χ4n) is 3.71. The molecular weight excluding hydrogens is 386 g/mol. The molecule has 1 aliphatic rings. The number of aromatic amines is 1. The van der Waals surface area contributed by atoms with Gasteiger partial charge in [0, 0.05) is 24.0 Å². The van der Waals surface area contributed by atoms with Crippen LogP contribution in [0.4, 0.5) is 5.82 Å². The van der Waals surface area contributed by atoms with Crippen LogP contribution in [-0.2, 0) is 4.79 Å². The summed E-state index contributed by atoms with van der Waals surface area (Å²) in [5, 5.41) is 13.9. The number of benzene rings is 1. The molecule has 9 heteroatoms. The summed E-state index contributed by atoms with van der Waals surface area (Å²) in [6.45, 7) is 5.79. The van der Waals surface area contributed by atoms with E-state index in [0.717, 1.165) is 16.8 Å². The predicted octanol–water partition coefficient (Wildman–Crippen LogP) is 2.53. The summed E-state index contributed by atoms with van der Waals surface area (Å²) in [5.41, 5.74) is 2.29. The Labute approximate surface area is 173 Å². The maximum atomic E-state index is 12.6. The second-order valence-electron chi connectivity index (χ2n) is 7.42. The van der Waals surface area contributed by atoms with Crippen LogP contribution in [0.2, 0.25) is 0 Å². The molecule has 156 valence electrons. The Hall–Kier alpha value is -3.62. The van der Waals surface area contributed by atoms with Gasteiger partial charge >= 0.3 is 0 Å². The molecular formula is C21H23N5O4. The van der Waals surface area contributed by atoms with Gasteiger partial charge in [0.15, 0.2) is 17.3 Å². The first-order valence-corrected chi connectivity index (χ1v) is 9.67. The van der Waals surface area contributed by atoms with E-state index in [2.05, 4.69) is 20.6 Å². The van der Waals surface area contributed by atoms with Crippen molar-refractivity contribution in [3.05, 3.63) is 57.5 Å². The van der Waals surface area contributed by atoms with E-state index in [0.29, 0.717) is 23.1 Å². The van der Waals surface area contributed by atoms with Crippen LogP contribution >= 0.6 is 0 Å². The monoisotopic (exact) mass is 409 g/mol. The van der Waals surface area contributed by atoms with Gasteiger partial charge in [0.05, 0.1) is 18.9 Å². The van der Waals surface area contributed by atoms with Crippen LogP contribution in [0.25, 0.3) is 5.82 Å². The van der Waals surface area contributed by atoms with Crippen LogP contribution in [0.15, 0.2) is 35.1 Å². The molecule has 0 radical (unpaired) electrons. The lowest BCUT2D eigenvalue weighted by Crippen LogP contribution is -2.25. The number of rotatable bonds is 5. The Morgan fingerprint density at radius 2 is 1.97 bits per heavy atom. The van der Waals surface area contributed by atoms with Crippen molar-refractivity contribution in [3.63, 3.8) is 0 Å². The van der Waals surface area contributed by atoms with Crippen molar-refractivity contribution in [1.29, 1.82) is 0 Å². The molecule has 1 amide bonds. The number of hydrogen-bond donors (Lipinski definition) is 2. The van der Waals surface area contributed by atoms with Crippen molar-refractivity contribution in [2.75, 3.05) is 12.4 Å². The second kappa shape index (κ2) is 7.66. The third kappa shape index (κ3) is 3.54. The first-order chi connectivity index (χ1) is 14.4. The van der Waals surface area contributed by atoms with Crippen LogP contribution in [0.5, 0.6) is 11.5 Å². The average molecular weight is 409 g/mol. The van der Waals surface area contributed by atoms with Crippen LogP contribution in [0, 0.1) is 6.92 Å². The molecule has 0 spiro atoms. The number of nitrogens with zero attached hydrogens (tertiary/aromatic N) is 3. The maximum Gasteiger partial charge on any atom is 0.264 e. The highest BCUT2D eigenvalue weighted by Crippen LogP contribution is 2.42. The van der Waals surface area contributed by atoms with Gasteiger partial charge in [-0.3, -0.25) is 9.59 Å². The van der Waals surface area contributed by atoms with Gasteiger partial charge in [-0.15, -0.1) is 0 Å². The minimum atomic E-state index is -0.311. The number of hydrogen-bond acceptors (Lipinski definition) is 6. The van der Waals surface area contributed by atoms with Crippen molar-refractivity contribution >= 4 is 11.7 Å². The highest BCUT2D eigenvalue weighted by molar-refractivity contribution is 5.95. The maximum absolute atomic E-state index is 12.6. The summed E-state index contributed by atoms with van der Waals surface area (Å²) in [6.07, 6.45) is 0.265. The normalized spacial score (nSPS) is 15.6. The molecule has 1 atom stereocenters. The number of carbonyl (C=O) groups excluding carboxylic acids is 1. The van der Waals surface area contributed by atoms with Gasteiger partial charge in [-0.25, -0.2) is 5.10 Å². The van der Waals surface area contributed by atoms with Gasteiger partial charge < -0.3 is 14.8 Å². The molecule has 0 fully saturated rings. The van der Waals surface area contributed by atoms with Crippen molar-refractivity contribution in [2.45, 2.75) is 39.2 Å². The Balaban J connectivity index is 1.82. The van der Waals surface area contributed by atoms with Crippen molar-refractivity contribution in [2.24, 2.45) is 0 Å². The van der Waals surface area contributed by atoms with E-state index < -0.39 is 0 Å². The molecule has 0 aliphatic carbocycles. The zero-order valence-electron chi connectivity index (χ0n) is 17.2. The Morgan fingerprint density at radius 3 is 2.63 bits per heavy atom. The number of methoxy groups -OCH3 is 1. The number of fused-ring (bicyclic) bond motifs is 1. The Kier molecular flexibility index (Phi) is 5.03. The molecule has 9 nitrogen and oxygen atoms in total. The second-order valence-corrected chi connectivity index (χ2v) is 7.42. The van der Waals surface area contributed by atoms with E-state index >= 15 is 0 Å². The molecule has 4 rings (SSSR count). The standard InChI is InChI=1S/C21H23N5O4/c1-11(2)30-16-9-13(5-6-15(16)29-4)14-10-19(28)22-21-20(14)12(3)25-26(21)17-7-8-18(27)24-23-17/h5-9,11,14H,10H2,1-4H3,(H,22,28)(H,24,27)/t14-/m1/s1. The molecule has 1 aliphatic heterocycles. The number of amides is 1. The van der Waals surface area contributed by atoms with Crippen LogP contribution < -0.4 is 20.3 Å². The first-order valence-electron chi connectivity index (χ1n) is 9.67. The zero-order valence-corrected chi connectivity index (χ0v) is 17.2. The third-order valence-electron chi connectivity index (χ3n) is 4.94. The number of aryl methyl sites for hydroxylation is 1. The quantitative estimate of drug-likeness (QED) is 0.670. The Morgan fingerprint density at radius 1 is 1.17 bits per heavy atom. The summed E-state index contributed by atoms with van der Waals surface area (Å²) in [4.78, 5) is 23.9. The van der Waals surface area contributed by atoms with Gasteiger partial charge in [-0.2, -0.15) is 14.9 Å². The van der Waals surface area contributed by atoms with E-state index in [1.54, 1.807) is 17.9 Å². The molecule has 0 saturated carbocycles. The molecule has 2 aromatic heterocycles. The molecule has 0 saturated heterocycles. The van der Waals surface area contributed by atoms with Gasteiger partial charge in [0.25, 0.3) is 5.56 Å². The van der Waals surface area contributed by atoms with E-state index in [4.69, 9.17) is 9.47 Å². The molecule has 2 N–H and O–H groups in total. The number of carbonyl (C=O) groups is 1. The number of H-pyrrole nitrogens is 1. The molecule has 3 heterocycles. The van der Waals surface area contributed by atoms with Crippen molar-refractivity contribution < 1.29 is 14.3 Å². The van der Waals surface area contributed by atoms with Crippen molar-refractivity contribution in [3.8, 4) is 17.3 Å². The smallest absolute Gasteiger partial charge is 0.264 e. The summed E-state index contributed by atoms with van der Waals surface area (Å²) in [7, 11) is 1.60.